The van der Waals surface area contributed by atoms with Crippen LogP contribution in [0.3, 0.4) is 0 Å². The maximum atomic E-state index is 12.5. The van der Waals surface area contributed by atoms with Crippen molar-refractivity contribution in [2.75, 3.05) is 6.61 Å². The normalized spacial score (nSPS) is 11.0. The van der Waals surface area contributed by atoms with E-state index in [9.17, 15) is 4.79 Å². The Labute approximate surface area is 149 Å². The third kappa shape index (κ3) is 2.75. The second-order valence-corrected chi connectivity index (χ2v) is 5.79. The molecule has 0 aliphatic rings. The van der Waals surface area contributed by atoms with Crippen molar-refractivity contribution in [1.82, 2.24) is 10.1 Å². The fourth-order valence-corrected chi connectivity index (χ4v) is 2.80. The number of hydrogen-bond donors (Lipinski definition) is 0. The molecule has 6 heteroatoms. The maximum Gasteiger partial charge on any atom is 0.349 e. The summed E-state index contributed by atoms with van der Waals surface area (Å²) in [6, 6.07) is 14.8. The number of hydrogen-bond acceptors (Lipinski definition) is 6. The van der Waals surface area contributed by atoms with Crippen LogP contribution in [0.5, 0.6) is 5.75 Å². The number of aryl methyl sites for hydroxylation is 1. The Morgan fingerprint density at radius 3 is 2.73 bits per heavy atom. The summed E-state index contributed by atoms with van der Waals surface area (Å²) in [6.07, 6.45) is 0. The molecule has 0 N–H and O–H groups in total. The van der Waals surface area contributed by atoms with Gasteiger partial charge in [-0.2, -0.15) is 4.98 Å². The van der Waals surface area contributed by atoms with E-state index in [1.807, 2.05) is 50.2 Å². The molecule has 0 aliphatic carbocycles. The summed E-state index contributed by atoms with van der Waals surface area (Å²) < 4.78 is 16.3. The molecule has 2 heterocycles. The van der Waals surface area contributed by atoms with Crippen LogP contribution >= 0.6 is 0 Å². The van der Waals surface area contributed by atoms with Gasteiger partial charge >= 0.3 is 5.63 Å². The third-order valence-electron chi connectivity index (χ3n) is 4.07. The summed E-state index contributed by atoms with van der Waals surface area (Å²) in [5.41, 5.74) is 1.95. The van der Waals surface area contributed by atoms with Crippen molar-refractivity contribution in [2.45, 2.75) is 13.8 Å². The molecule has 4 aromatic rings. The predicted molar refractivity (Wildman–Crippen MR) is 97.1 cm³/mol. The van der Waals surface area contributed by atoms with Gasteiger partial charge in [0.15, 0.2) is 11.3 Å². The molecule has 0 atom stereocenters. The molecule has 0 bridgehead atoms. The highest BCUT2D eigenvalue weighted by molar-refractivity contribution is 5.85. The zero-order chi connectivity index (χ0) is 18.1. The summed E-state index contributed by atoms with van der Waals surface area (Å²) in [5, 5.41) is 4.72. The molecule has 0 fully saturated rings. The second kappa shape index (κ2) is 6.48. The van der Waals surface area contributed by atoms with E-state index in [0.717, 1.165) is 16.5 Å². The van der Waals surface area contributed by atoms with E-state index in [2.05, 4.69) is 10.1 Å². The standard InChI is InChI=1S/C20H16N2O4/c1-3-24-16-10-6-8-13-11-15(20(23)25-17(13)16)19-21-18(22-26-19)14-9-5-4-7-12(14)2/h4-11H,3H2,1-2H3. The van der Waals surface area contributed by atoms with Crippen LogP contribution in [-0.4, -0.2) is 16.7 Å². The van der Waals surface area contributed by atoms with Crippen LogP contribution in [0.4, 0.5) is 0 Å². The highest BCUT2D eigenvalue weighted by Crippen LogP contribution is 2.28. The monoisotopic (exact) mass is 348 g/mol. The fourth-order valence-electron chi connectivity index (χ4n) is 2.80. The lowest BCUT2D eigenvalue weighted by atomic mass is 10.1. The van der Waals surface area contributed by atoms with Gasteiger partial charge in [0, 0.05) is 10.9 Å². The van der Waals surface area contributed by atoms with Crippen molar-refractivity contribution in [1.29, 1.82) is 0 Å². The van der Waals surface area contributed by atoms with Crippen molar-refractivity contribution in [2.24, 2.45) is 0 Å². The fraction of sp³-hybridized carbons (Fsp3) is 0.150. The molecule has 0 saturated heterocycles. The Hall–Kier alpha value is -3.41. The Morgan fingerprint density at radius 2 is 1.92 bits per heavy atom. The first-order valence-corrected chi connectivity index (χ1v) is 8.27. The molecule has 6 nitrogen and oxygen atoms in total. The summed E-state index contributed by atoms with van der Waals surface area (Å²) in [5.74, 6) is 1.08. The van der Waals surface area contributed by atoms with E-state index in [-0.39, 0.29) is 11.5 Å². The minimum Gasteiger partial charge on any atom is -0.490 e. The SMILES string of the molecule is CCOc1cccc2cc(-c3nc(-c4ccccc4C)no3)c(=O)oc12. The largest absolute Gasteiger partial charge is 0.490 e. The number of benzene rings is 2. The Balaban J connectivity index is 1.82. The molecule has 26 heavy (non-hydrogen) atoms. The summed E-state index contributed by atoms with van der Waals surface area (Å²) in [4.78, 5) is 16.8. The minimum atomic E-state index is -0.551. The van der Waals surface area contributed by atoms with E-state index in [4.69, 9.17) is 13.7 Å². The molecular formula is C20H16N2O4. The van der Waals surface area contributed by atoms with Gasteiger partial charge in [-0.15, -0.1) is 0 Å². The molecule has 2 aromatic carbocycles. The summed E-state index contributed by atoms with van der Waals surface area (Å²) in [6.45, 7) is 4.32. The number of para-hydroxylation sites is 1. The molecule has 0 radical (unpaired) electrons. The van der Waals surface area contributed by atoms with Crippen LogP contribution in [0.1, 0.15) is 12.5 Å². The van der Waals surface area contributed by atoms with Crippen molar-refractivity contribution in [3.05, 3.63) is 64.5 Å². The predicted octanol–water partition coefficient (Wildman–Crippen LogP) is 4.22. The smallest absolute Gasteiger partial charge is 0.349 e. The lowest BCUT2D eigenvalue weighted by molar-refractivity contribution is 0.337. The number of nitrogens with zero attached hydrogens (tertiary/aromatic N) is 2. The van der Waals surface area contributed by atoms with E-state index in [0.29, 0.717) is 23.8 Å². The van der Waals surface area contributed by atoms with Gasteiger partial charge in [0.25, 0.3) is 5.89 Å². The highest BCUT2D eigenvalue weighted by atomic mass is 16.5. The topological polar surface area (TPSA) is 78.4 Å². The molecule has 0 saturated carbocycles. The molecule has 0 aliphatic heterocycles. The lowest BCUT2D eigenvalue weighted by Gasteiger charge is -2.06. The van der Waals surface area contributed by atoms with Gasteiger partial charge in [-0.05, 0) is 31.5 Å². The quantitative estimate of drug-likeness (QED) is 0.514. The first kappa shape index (κ1) is 16.1. The molecule has 0 amide bonds. The van der Waals surface area contributed by atoms with Gasteiger partial charge in [0.2, 0.25) is 5.82 Å². The maximum absolute atomic E-state index is 12.5. The molecule has 0 unspecified atom stereocenters. The van der Waals surface area contributed by atoms with Crippen LogP contribution < -0.4 is 10.4 Å². The summed E-state index contributed by atoms with van der Waals surface area (Å²) >= 11 is 0. The molecule has 0 spiro atoms. The van der Waals surface area contributed by atoms with Gasteiger partial charge < -0.3 is 13.7 Å². The third-order valence-corrected chi connectivity index (χ3v) is 4.07. The molecular weight excluding hydrogens is 332 g/mol. The lowest BCUT2D eigenvalue weighted by Crippen LogP contribution is -2.04. The van der Waals surface area contributed by atoms with Crippen molar-refractivity contribution >= 4 is 11.0 Å². The van der Waals surface area contributed by atoms with Crippen LogP contribution in [-0.2, 0) is 0 Å². The van der Waals surface area contributed by atoms with E-state index in [1.165, 1.54) is 0 Å². The Bertz CT molecular complexity index is 1140. The van der Waals surface area contributed by atoms with Crippen LogP contribution in [0.25, 0.3) is 33.8 Å². The zero-order valence-electron chi connectivity index (χ0n) is 14.4. The Morgan fingerprint density at radius 1 is 1.08 bits per heavy atom. The van der Waals surface area contributed by atoms with Gasteiger partial charge in [-0.3, -0.25) is 0 Å². The number of rotatable bonds is 4. The van der Waals surface area contributed by atoms with Crippen molar-refractivity contribution in [3.63, 3.8) is 0 Å². The molecule has 130 valence electrons. The van der Waals surface area contributed by atoms with Crippen LogP contribution in [0.15, 0.2) is 62.3 Å². The zero-order valence-corrected chi connectivity index (χ0v) is 14.4. The average Bonchev–Trinajstić information content (AvgIpc) is 3.12. The van der Waals surface area contributed by atoms with Crippen molar-refractivity contribution < 1.29 is 13.7 Å². The number of ether oxygens (including phenoxy) is 1. The summed E-state index contributed by atoms with van der Waals surface area (Å²) in [7, 11) is 0. The second-order valence-electron chi connectivity index (χ2n) is 5.79. The molecule has 4 rings (SSSR count). The first-order valence-electron chi connectivity index (χ1n) is 8.27. The van der Waals surface area contributed by atoms with Crippen LogP contribution in [0, 0.1) is 6.92 Å². The van der Waals surface area contributed by atoms with Gasteiger partial charge in [0.1, 0.15) is 5.56 Å². The highest BCUT2D eigenvalue weighted by Gasteiger charge is 2.18. The number of aromatic nitrogens is 2. The van der Waals surface area contributed by atoms with Gasteiger partial charge in [-0.1, -0.05) is 41.6 Å². The van der Waals surface area contributed by atoms with Crippen LogP contribution in [0.2, 0.25) is 0 Å². The Kier molecular flexibility index (Phi) is 4.01. The van der Waals surface area contributed by atoms with Gasteiger partial charge in [-0.25, -0.2) is 4.79 Å². The van der Waals surface area contributed by atoms with E-state index in [1.54, 1.807) is 12.1 Å². The van der Waals surface area contributed by atoms with E-state index >= 15 is 0 Å². The van der Waals surface area contributed by atoms with Gasteiger partial charge in [0.05, 0.1) is 6.61 Å². The first-order chi connectivity index (χ1) is 12.7. The molecule has 2 aromatic heterocycles. The average molecular weight is 348 g/mol. The van der Waals surface area contributed by atoms with E-state index < -0.39 is 5.63 Å². The van der Waals surface area contributed by atoms with Crippen molar-refractivity contribution in [3.8, 4) is 28.6 Å². The number of fused-ring (bicyclic) bond motifs is 1. The minimum absolute atomic E-state index is 0.126.